The number of halogens is 2. The summed E-state index contributed by atoms with van der Waals surface area (Å²) in [7, 11) is 0. The quantitative estimate of drug-likeness (QED) is 0.787. The summed E-state index contributed by atoms with van der Waals surface area (Å²) in [5.74, 6) is 0.161. The van der Waals surface area contributed by atoms with Crippen LogP contribution in [0.1, 0.15) is 5.56 Å². The molecule has 2 rings (SSSR count). The van der Waals surface area contributed by atoms with Gasteiger partial charge in [-0.3, -0.25) is 0 Å². The number of carboxylic acid groups (broad SMARTS) is 1. The van der Waals surface area contributed by atoms with Crippen LogP contribution in [0.2, 0.25) is 5.02 Å². The number of hydrogen-bond acceptors (Lipinski definition) is 2. The van der Waals surface area contributed by atoms with Crippen LogP contribution in [0.3, 0.4) is 0 Å². The second-order valence-corrected chi connectivity index (χ2v) is 5.26. The van der Waals surface area contributed by atoms with Gasteiger partial charge in [-0.05, 0) is 48.5 Å². The van der Waals surface area contributed by atoms with Crippen molar-refractivity contribution >= 4 is 39.6 Å². The normalized spacial score (nSPS) is 10.7. The molecule has 2 aromatic carbocycles. The minimum absolute atomic E-state index is 0.512. The first-order valence-corrected chi connectivity index (χ1v) is 6.85. The van der Waals surface area contributed by atoms with Crippen LogP contribution >= 0.6 is 27.5 Å². The molecular formula is C15H10BrClO3. The predicted octanol–water partition coefficient (Wildman–Crippen LogP) is 4.99. The summed E-state index contributed by atoms with van der Waals surface area (Å²) in [5, 5.41) is 9.20. The maximum atomic E-state index is 10.6. The van der Waals surface area contributed by atoms with Gasteiger partial charge in [0.05, 0.1) is 0 Å². The van der Waals surface area contributed by atoms with E-state index in [0.29, 0.717) is 22.1 Å². The summed E-state index contributed by atoms with van der Waals surface area (Å²) >= 11 is 9.26. The Hall–Kier alpha value is -1.78. The zero-order valence-corrected chi connectivity index (χ0v) is 12.6. The number of benzene rings is 2. The Bertz CT molecular complexity index is 651. The van der Waals surface area contributed by atoms with Crippen LogP contribution in [0.5, 0.6) is 11.5 Å². The smallest absolute Gasteiger partial charge is 0.328 e. The van der Waals surface area contributed by atoms with E-state index < -0.39 is 5.97 Å². The fraction of sp³-hybridized carbons (Fsp3) is 0. The van der Waals surface area contributed by atoms with E-state index in [0.717, 1.165) is 10.5 Å². The first kappa shape index (κ1) is 14.6. The molecule has 0 saturated heterocycles. The van der Waals surface area contributed by atoms with Crippen LogP contribution in [0.15, 0.2) is 53.0 Å². The zero-order chi connectivity index (χ0) is 14.5. The molecule has 5 heteroatoms. The van der Waals surface area contributed by atoms with Crippen molar-refractivity contribution in [3.63, 3.8) is 0 Å². The lowest BCUT2D eigenvalue weighted by Gasteiger charge is -2.09. The zero-order valence-electron chi connectivity index (χ0n) is 10.2. The minimum atomic E-state index is -1.03. The highest BCUT2D eigenvalue weighted by molar-refractivity contribution is 9.10. The maximum Gasteiger partial charge on any atom is 0.328 e. The monoisotopic (exact) mass is 352 g/mol. The Morgan fingerprint density at radius 3 is 2.55 bits per heavy atom. The summed E-state index contributed by atoms with van der Waals surface area (Å²) < 4.78 is 6.68. The average molecular weight is 354 g/mol. The van der Waals surface area contributed by atoms with E-state index >= 15 is 0 Å². The van der Waals surface area contributed by atoms with Crippen LogP contribution in [0.25, 0.3) is 6.08 Å². The van der Waals surface area contributed by atoms with Gasteiger partial charge in [-0.15, -0.1) is 0 Å². The van der Waals surface area contributed by atoms with Crippen LogP contribution in [0.4, 0.5) is 0 Å². The third-order valence-corrected chi connectivity index (χ3v) is 3.18. The fourth-order valence-electron chi connectivity index (χ4n) is 1.53. The van der Waals surface area contributed by atoms with Crippen molar-refractivity contribution < 1.29 is 14.6 Å². The molecule has 0 spiro atoms. The summed E-state index contributed by atoms with van der Waals surface area (Å²) in [6.45, 7) is 0. The van der Waals surface area contributed by atoms with E-state index in [9.17, 15) is 4.79 Å². The number of aliphatic carboxylic acids is 1. The van der Waals surface area contributed by atoms with Crippen molar-refractivity contribution in [3.8, 4) is 11.5 Å². The van der Waals surface area contributed by atoms with Gasteiger partial charge in [0, 0.05) is 21.1 Å². The molecule has 0 aromatic heterocycles. The van der Waals surface area contributed by atoms with Gasteiger partial charge in [0.25, 0.3) is 0 Å². The molecule has 0 saturated carbocycles. The second kappa shape index (κ2) is 6.59. The van der Waals surface area contributed by atoms with Crippen molar-refractivity contribution in [2.75, 3.05) is 0 Å². The topological polar surface area (TPSA) is 46.5 Å². The van der Waals surface area contributed by atoms with Gasteiger partial charge in [-0.25, -0.2) is 4.79 Å². The lowest BCUT2D eigenvalue weighted by molar-refractivity contribution is -0.131. The maximum absolute atomic E-state index is 10.6. The average Bonchev–Trinajstić information content (AvgIpc) is 2.41. The van der Waals surface area contributed by atoms with Crippen molar-refractivity contribution in [2.45, 2.75) is 0 Å². The Balaban J connectivity index is 2.30. The summed E-state index contributed by atoms with van der Waals surface area (Å²) in [6, 6.07) is 12.4. The molecule has 3 nitrogen and oxygen atoms in total. The molecule has 0 heterocycles. The molecular weight excluding hydrogens is 344 g/mol. The van der Waals surface area contributed by atoms with E-state index in [1.165, 1.54) is 6.08 Å². The van der Waals surface area contributed by atoms with Crippen molar-refractivity contribution in [3.05, 3.63) is 63.6 Å². The molecule has 1 N–H and O–H groups in total. The number of carbonyl (C=O) groups is 1. The minimum Gasteiger partial charge on any atom is -0.478 e. The fourth-order valence-corrected chi connectivity index (χ4v) is 1.98. The first-order valence-electron chi connectivity index (χ1n) is 5.68. The van der Waals surface area contributed by atoms with Gasteiger partial charge in [0.1, 0.15) is 11.5 Å². The Morgan fingerprint density at radius 1 is 1.20 bits per heavy atom. The number of hydrogen-bond donors (Lipinski definition) is 1. The summed E-state index contributed by atoms with van der Waals surface area (Å²) in [6.07, 6.45) is 2.49. The molecule has 0 bridgehead atoms. The van der Waals surface area contributed by atoms with Crippen LogP contribution in [-0.4, -0.2) is 11.1 Å². The van der Waals surface area contributed by atoms with Gasteiger partial charge >= 0.3 is 5.97 Å². The summed E-state index contributed by atoms with van der Waals surface area (Å²) in [4.78, 5) is 10.6. The van der Waals surface area contributed by atoms with Gasteiger partial charge in [-0.1, -0.05) is 27.5 Å². The lowest BCUT2D eigenvalue weighted by Crippen LogP contribution is -1.90. The molecule has 0 atom stereocenters. The van der Waals surface area contributed by atoms with Crippen LogP contribution in [-0.2, 0) is 4.79 Å². The second-order valence-electron chi connectivity index (χ2n) is 3.91. The molecule has 2 aromatic rings. The Labute approximate surface area is 129 Å². The molecule has 0 aliphatic heterocycles. The number of rotatable bonds is 4. The number of ether oxygens (including phenoxy) is 1. The van der Waals surface area contributed by atoms with Crippen LogP contribution in [0, 0.1) is 0 Å². The first-order chi connectivity index (χ1) is 9.54. The molecule has 20 heavy (non-hydrogen) atoms. The highest BCUT2D eigenvalue weighted by atomic mass is 79.9. The number of carboxylic acids is 1. The van der Waals surface area contributed by atoms with Gasteiger partial charge in [0.2, 0.25) is 0 Å². The Morgan fingerprint density at radius 2 is 1.90 bits per heavy atom. The molecule has 0 radical (unpaired) electrons. The molecule has 0 aliphatic rings. The Kier molecular flexibility index (Phi) is 4.82. The molecule has 0 unspecified atom stereocenters. The van der Waals surface area contributed by atoms with Gasteiger partial charge in [-0.2, -0.15) is 0 Å². The SMILES string of the molecule is O=C(O)/C=C/c1cc(Cl)ccc1Oc1ccc(Br)cc1. The van der Waals surface area contributed by atoms with E-state index in [2.05, 4.69) is 15.9 Å². The highest BCUT2D eigenvalue weighted by Gasteiger charge is 2.04. The highest BCUT2D eigenvalue weighted by Crippen LogP contribution is 2.29. The summed E-state index contributed by atoms with van der Waals surface area (Å²) in [5.41, 5.74) is 0.600. The van der Waals surface area contributed by atoms with E-state index in [1.54, 1.807) is 18.2 Å². The molecule has 0 amide bonds. The molecule has 0 fully saturated rings. The van der Waals surface area contributed by atoms with E-state index in [4.69, 9.17) is 21.4 Å². The van der Waals surface area contributed by atoms with Crippen molar-refractivity contribution in [1.82, 2.24) is 0 Å². The largest absolute Gasteiger partial charge is 0.478 e. The lowest BCUT2D eigenvalue weighted by atomic mass is 10.2. The van der Waals surface area contributed by atoms with E-state index in [1.807, 2.05) is 24.3 Å². The predicted molar refractivity (Wildman–Crippen MR) is 82.3 cm³/mol. The van der Waals surface area contributed by atoms with E-state index in [-0.39, 0.29) is 0 Å². The van der Waals surface area contributed by atoms with Crippen molar-refractivity contribution in [2.24, 2.45) is 0 Å². The third kappa shape index (κ3) is 4.11. The van der Waals surface area contributed by atoms with Crippen LogP contribution < -0.4 is 4.74 Å². The molecule has 0 aliphatic carbocycles. The van der Waals surface area contributed by atoms with Gasteiger partial charge < -0.3 is 9.84 Å². The third-order valence-electron chi connectivity index (χ3n) is 2.42. The van der Waals surface area contributed by atoms with Crippen molar-refractivity contribution in [1.29, 1.82) is 0 Å². The van der Waals surface area contributed by atoms with Gasteiger partial charge in [0.15, 0.2) is 0 Å². The standard InChI is InChI=1S/C15H10BrClO3/c16-11-2-5-13(6-3-11)20-14-7-4-12(17)9-10(14)1-8-15(18)19/h1-9H,(H,18,19)/b8-1+. The molecule has 102 valence electrons.